The topological polar surface area (TPSA) is 62.6 Å². The molecule has 0 aliphatic carbocycles. The standard InChI is InChI=1S/C19H24N2O3/c1-18(2,3)24-17(22)21-10-8-19(9-11-21)7-6-15-12-14(13-20)4-5-16(15)23-19/h4-5,12H,6-11H2,1-3H3. The lowest BCUT2D eigenvalue weighted by Gasteiger charge is -2.44. The van der Waals surface area contributed by atoms with E-state index in [2.05, 4.69) is 6.07 Å². The number of nitriles is 1. The Bertz CT molecular complexity index is 677. The van der Waals surface area contributed by atoms with Gasteiger partial charge in [0, 0.05) is 25.9 Å². The average molecular weight is 328 g/mol. The van der Waals surface area contributed by atoms with Crippen molar-refractivity contribution in [2.45, 2.75) is 57.7 Å². The lowest BCUT2D eigenvalue weighted by atomic mass is 9.83. The second-order valence-electron chi connectivity index (χ2n) is 7.69. The van der Waals surface area contributed by atoms with E-state index in [0.717, 1.165) is 37.0 Å². The first-order valence-electron chi connectivity index (χ1n) is 8.50. The van der Waals surface area contributed by atoms with Crippen molar-refractivity contribution in [3.63, 3.8) is 0 Å². The molecule has 5 nitrogen and oxygen atoms in total. The molecule has 1 amide bonds. The Kier molecular flexibility index (Phi) is 4.16. The van der Waals surface area contributed by atoms with Crippen LogP contribution in [-0.2, 0) is 11.2 Å². The molecule has 2 aliphatic heterocycles. The fourth-order valence-corrected chi connectivity index (χ4v) is 3.37. The van der Waals surface area contributed by atoms with Crippen LogP contribution in [-0.4, -0.2) is 35.3 Å². The smallest absolute Gasteiger partial charge is 0.410 e. The van der Waals surface area contributed by atoms with Gasteiger partial charge in [0.05, 0.1) is 11.6 Å². The number of rotatable bonds is 0. The molecule has 0 radical (unpaired) electrons. The van der Waals surface area contributed by atoms with Crippen LogP contribution in [0.3, 0.4) is 0 Å². The third kappa shape index (κ3) is 3.48. The highest BCUT2D eigenvalue weighted by Crippen LogP contribution is 2.39. The summed E-state index contributed by atoms with van der Waals surface area (Å²) in [5.74, 6) is 0.881. The first kappa shape index (κ1) is 16.6. The molecule has 24 heavy (non-hydrogen) atoms. The van der Waals surface area contributed by atoms with Crippen LogP contribution >= 0.6 is 0 Å². The van der Waals surface area contributed by atoms with E-state index in [0.29, 0.717) is 18.7 Å². The normalized spacial score (nSPS) is 19.2. The van der Waals surface area contributed by atoms with Crippen molar-refractivity contribution in [2.75, 3.05) is 13.1 Å². The summed E-state index contributed by atoms with van der Waals surface area (Å²) in [6, 6.07) is 7.78. The molecule has 1 spiro atoms. The summed E-state index contributed by atoms with van der Waals surface area (Å²) in [7, 11) is 0. The zero-order valence-electron chi connectivity index (χ0n) is 14.6. The Morgan fingerprint density at radius 3 is 2.62 bits per heavy atom. The summed E-state index contributed by atoms with van der Waals surface area (Å²) in [4.78, 5) is 14.0. The van der Waals surface area contributed by atoms with Gasteiger partial charge in [-0.2, -0.15) is 5.26 Å². The van der Waals surface area contributed by atoms with Gasteiger partial charge >= 0.3 is 6.09 Å². The Labute approximate surface area is 143 Å². The molecule has 1 aromatic rings. The van der Waals surface area contributed by atoms with Crippen molar-refractivity contribution in [2.24, 2.45) is 0 Å². The van der Waals surface area contributed by atoms with Crippen molar-refractivity contribution in [1.82, 2.24) is 4.90 Å². The molecule has 0 aromatic heterocycles. The zero-order chi connectivity index (χ0) is 17.4. The van der Waals surface area contributed by atoms with Crippen LogP contribution in [0.4, 0.5) is 4.79 Å². The molecular formula is C19H24N2O3. The highest BCUT2D eigenvalue weighted by atomic mass is 16.6. The molecule has 1 fully saturated rings. The molecule has 0 unspecified atom stereocenters. The number of amides is 1. The van der Waals surface area contributed by atoms with Gasteiger partial charge in [-0.3, -0.25) is 0 Å². The monoisotopic (exact) mass is 328 g/mol. The third-order valence-electron chi connectivity index (χ3n) is 4.69. The summed E-state index contributed by atoms with van der Waals surface area (Å²) < 4.78 is 11.8. The number of ether oxygens (including phenoxy) is 2. The number of nitrogens with zero attached hydrogens (tertiary/aromatic N) is 2. The van der Waals surface area contributed by atoms with Gasteiger partial charge in [-0.1, -0.05) is 0 Å². The van der Waals surface area contributed by atoms with Gasteiger partial charge in [0.25, 0.3) is 0 Å². The number of benzene rings is 1. The summed E-state index contributed by atoms with van der Waals surface area (Å²) >= 11 is 0. The Morgan fingerprint density at radius 1 is 1.29 bits per heavy atom. The lowest BCUT2D eigenvalue weighted by Crippen LogP contribution is -2.52. The molecule has 0 saturated carbocycles. The van der Waals surface area contributed by atoms with E-state index in [-0.39, 0.29) is 11.7 Å². The van der Waals surface area contributed by atoms with Crippen LogP contribution < -0.4 is 4.74 Å². The maximum atomic E-state index is 12.2. The van der Waals surface area contributed by atoms with Gasteiger partial charge in [-0.05, 0) is 57.4 Å². The lowest BCUT2D eigenvalue weighted by molar-refractivity contribution is -0.0272. The van der Waals surface area contributed by atoms with Gasteiger partial charge in [0.2, 0.25) is 0 Å². The van der Waals surface area contributed by atoms with Gasteiger partial charge < -0.3 is 14.4 Å². The first-order valence-corrected chi connectivity index (χ1v) is 8.50. The molecule has 2 heterocycles. The quantitative estimate of drug-likeness (QED) is 0.729. The van der Waals surface area contributed by atoms with Crippen LogP contribution in [0.1, 0.15) is 51.2 Å². The van der Waals surface area contributed by atoms with Crippen LogP contribution in [0.15, 0.2) is 18.2 Å². The fraction of sp³-hybridized carbons (Fsp3) is 0.579. The number of fused-ring (bicyclic) bond motifs is 1. The molecule has 2 aliphatic rings. The van der Waals surface area contributed by atoms with Crippen molar-refractivity contribution >= 4 is 6.09 Å². The van der Waals surface area contributed by atoms with E-state index >= 15 is 0 Å². The number of piperidine rings is 1. The molecule has 0 N–H and O–H groups in total. The van der Waals surface area contributed by atoms with Crippen LogP contribution in [0.25, 0.3) is 0 Å². The number of hydrogen-bond acceptors (Lipinski definition) is 4. The Morgan fingerprint density at radius 2 is 2.00 bits per heavy atom. The summed E-state index contributed by atoms with van der Waals surface area (Å²) in [6.07, 6.45) is 3.22. The summed E-state index contributed by atoms with van der Waals surface area (Å²) in [5.41, 5.74) is 1.12. The number of carbonyl (C=O) groups is 1. The second kappa shape index (κ2) is 6.01. The SMILES string of the molecule is CC(C)(C)OC(=O)N1CCC2(CCc3cc(C#N)ccc3O2)CC1. The molecule has 128 valence electrons. The third-order valence-corrected chi connectivity index (χ3v) is 4.69. The molecule has 0 bridgehead atoms. The first-order chi connectivity index (χ1) is 11.3. The van der Waals surface area contributed by atoms with Crippen molar-refractivity contribution in [3.05, 3.63) is 29.3 Å². The van der Waals surface area contributed by atoms with Gasteiger partial charge in [0.15, 0.2) is 0 Å². The Balaban J connectivity index is 1.64. The summed E-state index contributed by atoms with van der Waals surface area (Å²) in [6.45, 7) is 6.95. The van der Waals surface area contributed by atoms with E-state index in [1.165, 1.54) is 0 Å². The molecule has 1 saturated heterocycles. The van der Waals surface area contributed by atoms with Crippen molar-refractivity contribution in [3.8, 4) is 11.8 Å². The highest BCUT2D eigenvalue weighted by Gasteiger charge is 2.41. The van der Waals surface area contributed by atoms with Gasteiger partial charge in [0.1, 0.15) is 17.0 Å². The number of hydrogen-bond donors (Lipinski definition) is 0. The van der Waals surface area contributed by atoms with E-state index in [4.69, 9.17) is 14.7 Å². The fourth-order valence-electron chi connectivity index (χ4n) is 3.37. The van der Waals surface area contributed by atoms with Crippen molar-refractivity contribution < 1.29 is 14.3 Å². The van der Waals surface area contributed by atoms with E-state index in [1.807, 2.05) is 32.9 Å². The van der Waals surface area contributed by atoms with Crippen LogP contribution in [0.2, 0.25) is 0 Å². The van der Waals surface area contributed by atoms with Crippen LogP contribution in [0, 0.1) is 11.3 Å². The van der Waals surface area contributed by atoms with E-state index in [9.17, 15) is 4.79 Å². The van der Waals surface area contributed by atoms with Crippen LogP contribution in [0.5, 0.6) is 5.75 Å². The minimum absolute atomic E-state index is 0.195. The maximum Gasteiger partial charge on any atom is 0.410 e. The second-order valence-corrected chi connectivity index (χ2v) is 7.69. The maximum absolute atomic E-state index is 12.2. The van der Waals surface area contributed by atoms with Gasteiger partial charge in [-0.25, -0.2) is 4.79 Å². The predicted octanol–water partition coefficient (Wildman–Crippen LogP) is 3.65. The number of carbonyl (C=O) groups excluding carboxylic acids is 1. The zero-order valence-corrected chi connectivity index (χ0v) is 14.6. The largest absolute Gasteiger partial charge is 0.487 e. The minimum atomic E-state index is -0.467. The molecule has 3 rings (SSSR count). The highest BCUT2D eigenvalue weighted by molar-refractivity contribution is 5.68. The summed E-state index contributed by atoms with van der Waals surface area (Å²) in [5, 5.41) is 9.00. The molecule has 1 aromatic carbocycles. The van der Waals surface area contributed by atoms with Crippen molar-refractivity contribution in [1.29, 1.82) is 5.26 Å². The molecule has 5 heteroatoms. The van der Waals surface area contributed by atoms with E-state index in [1.54, 1.807) is 11.0 Å². The molecular weight excluding hydrogens is 304 g/mol. The Hall–Kier alpha value is -2.22. The van der Waals surface area contributed by atoms with E-state index < -0.39 is 5.60 Å². The number of aryl methyl sites for hydroxylation is 1. The minimum Gasteiger partial charge on any atom is -0.487 e. The van der Waals surface area contributed by atoms with Gasteiger partial charge in [-0.15, -0.1) is 0 Å². The number of likely N-dealkylation sites (tertiary alicyclic amines) is 1. The molecule has 0 atom stereocenters. The average Bonchev–Trinajstić information content (AvgIpc) is 2.53. The predicted molar refractivity (Wildman–Crippen MR) is 89.9 cm³/mol.